The number of carbonyl (C=O) groups is 1. The molecule has 0 atom stereocenters. The number of aryl methyl sites for hydroxylation is 1. The van der Waals surface area contributed by atoms with Gasteiger partial charge in [0.15, 0.2) is 0 Å². The Labute approximate surface area is 130 Å². The van der Waals surface area contributed by atoms with Crippen LogP contribution < -0.4 is 15.4 Å². The molecule has 0 fully saturated rings. The molecule has 0 saturated heterocycles. The van der Waals surface area contributed by atoms with Crippen LogP contribution in [0, 0.1) is 13.8 Å². The molecule has 0 aliphatic heterocycles. The first kappa shape index (κ1) is 16.0. The number of hydrogen-bond acceptors (Lipinski definition) is 4. The van der Waals surface area contributed by atoms with Gasteiger partial charge in [0, 0.05) is 19.0 Å². The zero-order chi connectivity index (χ0) is 15.9. The molecule has 0 saturated carbocycles. The molecule has 22 heavy (non-hydrogen) atoms. The Morgan fingerprint density at radius 3 is 2.73 bits per heavy atom. The summed E-state index contributed by atoms with van der Waals surface area (Å²) in [5.41, 5.74) is 2.93. The number of anilines is 1. The van der Waals surface area contributed by atoms with Gasteiger partial charge in [0.25, 0.3) is 0 Å². The molecule has 0 aliphatic carbocycles. The summed E-state index contributed by atoms with van der Waals surface area (Å²) < 4.78 is 5.78. The highest BCUT2D eigenvalue weighted by molar-refractivity contribution is 5.90. The summed E-state index contributed by atoms with van der Waals surface area (Å²) in [6.07, 6.45) is 2.02. The van der Waals surface area contributed by atoms with Gasteiger partial charge in [-0.2, -0.15) is 0 Å². The fourth-order valence-electron chi connectivity index (χ4n) is 1.92. The maximum absolute atomic E-state index is 11.6. The Kier molecular flexibility index (Phi) is 5.49. The Bertz CT molecular complexity index is 639. The fourth-order valence-corrected chi connectivity index (χ4v) is 1.92. The van der Waals surface area contributed by atoms with Gasteiger partial charge in [-0.25, -0.2) is 4.98 Å². The van der Waals surface area contributed by atoms with Crippen molar-refractivity contribution < 1.29 is 9.53 Å². The highest BCUT2D eigenvalue weighted by Gasteiger charge is 2.06. The first-order chi connectivity index (χ1) is 10.6. The van der Waals surface area contributed by atoms with Crippen LogP contribution in [0.1, 0.15) is 17.5 Å². The third kappa shape index (κ3) is 4.30. The minimum Gasteiger partial charge on any atom is -0.439 e. The number of hydrogen-bond donors (Lipinski definition) is 2. The minimum absolute atomic E-state index is 0.0423. The van der Waals surface area contributed by atoms with E-state index in [1.54, 1.807) is 18.3 Å². The molecular weight excluding hydrogens is 278 g/mol. The lowest BCUT2D eigenvalue weighted by atomic mass is 10.1. The van der Waals surface area contributed by atoms with E-state index in [9.17, 15) is 4.79 Å². The number of benzene rings is 1. The second-order valence-corrected chi connectivity index (χ2v) is 5.09. The highest BCUT2D eigenvalue weighted by Crippen LogP contribution is 2.26. The topological polar surface area (TPSA) is 63.2 Å². The van der Waals surface area contributed by atoms with Crippen molar-refractivity contribution in [2.75, 3.05) is 18.9 Å². The van der Waals surface area contributed by atoms with Crippen LogP contribution in [0.25, 0.3) is 0 Å². The van der Waals surface area contributed by atoms with Gasteiger partial charge in [-0.1, -0.05) is 12.1 Å². The van der Waals surface area contributed by atoms with Crippen molar-refractivity contribution in [1.82, 2.24) is 10.3 Å². The smallest absolute Gasteiger partial charge is 0.225 e. The van der Waals surface area contributed by atoms with Crippen molar-refractivity contribution in [3.63, 3.8) is 0 Å². The number of rotatable bonds is 6. The summed E-state index contributed by atoms with van der Waals surface area (Å²) in [5.74, 6) is 1.25. The molecule has 1 aromatic heterocycles. The van der Waals surface area contributed by atoms with Gasteiger partial charge in [-0.3, -0.25) is 4.79 Å². The van der Waals surface area contributed by atoms with Crippen molar-refractivity contribution in [1.29, 1.82) is 0 Å². The van der Waals surface area contributed by atoms with E-state index in [1.165, 1.54) is 5.56 Å². The maximum atomic E-state index is 11.6. The lowest BCUT2D eigenvalue weighted by Gasteiger charge is -2.10. The SMILES string of the molecule is CNCCC(=O)Nc1ccc(Oc2cccc(C)c2C)nc1. The van der Waals surface area contributed by atoms with Crippen LogP contribution in [0.2, 0.25) is 0 Å². The van der Waals surface area contributed by atoms with E-state index < -0.39 is 0 Å². The summed E-state index contributed by atoms with van der Waals surface area (Å²) in [5, 5.41) is 5.73. The Morgan fingerprint density at radius 2 is 2.05 bits per heavy atom. The molecule has 0 spiro atoms. The molecule has 5 nitrogen and oxygen atoms in total. The van der Waals surface area contributed by atoms with Crippen LogP contribution in [-0.2, 0) is 4.79 Å². The Balaban J connectivity index is 2.00. The van der Waals surface area contributed by atoms with E-state index in [4.69, 9.17) is 4.74 Å². The van der Waals surface area contributed by atoms with Gasteiger partial charge in [0.2, 0.25) is 11.8 Å². The summed E-state index contributed by atoms with van der Waals surface area (Å²) in [4.78, 5) is 15.8. The fraction of sp³-hybridized carbons (Fsp3) is 0.294. The first-order valence-corrected chi connectivity index (χ1v) is 7.24. The predicted molar refractivity (Wildman–Crippen MR) is 87.4 cm³/mol. The third-order valence-corrected chi connectivity index (χ3v) is 3.39. The molecular formula is C17H21N3O2. The van der Waals surface area contributed by atoms with E-state index in [-0.39, 0.29) is 5.91 Å². The summed E-state index contributed by atoms with van der Waals surface area (Å²) in [6, 6.07) is 9.44. The van der Waals surface area contributed by atoms with Crippen molar-refractivity contribution in [3.8, 4) is 11.6 Å². The molecule has 0 radical (unpaired) electrons. The van der Waals surface area contributed by atoms with Gasteiger partial charge in [-0.15, -0.1) is 0 Å². The van der Waals surface area contributed by atoms with Crippen LogP contribution in [0.5, 0.6) is 11.6 Å². The molecule has 1 amide bonds. The van der Waals surface area contributed by atoms with E-state index in [2.05, 4.69) is 15.6 Å². The Hall–Kier alpha value is -2.40. The number of pyridine rings is 1. The normalized spacial score (nSPS) is 10.3. The zero-order valence-corrected chi connectivity index (χ0v) is 13.1. The largest absolute Gasteiger partial charge is 0.439 e. The van der Waals surface area contributed by atoms with Crippen molar-refractivity contribution >= 4 is 11.6 Å². The standard InChI is InChI=1S/C17H21N3O2/c1-12-5-4-6-15(13(12)2)22-17-8-7-14(11-19-17)20-16(21)9-10-18-3/h4-8,11,18H,9-10H2,1-3H3,(H,20,21). The molecule has 0 aliphatic rings. The van der Waals surface area contributed by atoms with E-state index in [1.807, 2.05) is 39.1 Å². The first-order valence-electron chi connectivity index (χ1n) is 7.24. The second kappa shape index (κ2) is 7.56. The molecule has 5 heteroatoms. The molecule has 1 aromatic carbocycles. The van der Waals surface area contributed by atoms with E-state index in [0.717, 1.165) is 11.3 Å². The molecule has 0 unspecified atom stereocenters. The summed E-state index contributed by atoms with van der Waals surface area (Å²) in [6.45, 7) is 4.70. The summed E-state index contributed by atoms with van der Waals surface area (Å²) in [7, 11) is 1.81. The average Bonchev–Trinajstić information content (AvgIpc) is 2.51. The lowest BCUT2D eigenvalue weighted by Crippen LogP contribution is -2.18. The number of amides is 1. The number of nitrogens with one attached hydrogen (secondary N) is 2. The van der Waals surface area contributed by atoms with Crippen LogP contribution in [0.3, 0.4) is 0 Å². The molecule has 2 N–H and O–H groups in total. The van der Waals surface area contributed by atoms with Gasteiger partial charge in [0.05, 0.1) is 11.9 Å². The second-order valence-electron chi connectivity index (χ2n) is 5.09. The van der Waals surface area contributed by atoms with Gasteiger partial charge < -0.3 is 15.4 Å². The van der Waals surface area contributed by atoms with E-state index in [0.29, 0.717) is 24.5 Å². The van der Waals surface area contributed by atoms with Crippen LogP contribution >= 0.6 is 0 Å². The third-order valence-electron chi connectivity index (χ3n) is 3.39. The maximum Gasteiger partial charge on any atom is 0.225 e. The van der Waals surface area contributed by atoms with Crippen molar-refractivity contribution in [2.45, 2.75) is 20.3 Å². The quantitative estimate of drug-likeness (QED) is 0.860. The van der Waals surface area contributed by atoms with Crippen LogP contribution in [0.15, 0.2) is 36.5 Å². The number of carbonyl (C=O) groups excluding carboxylic acids is 1. The predicted octanol–water partition coefficient (Wildman–Crippen LogP) is 3.04. The molecule has 1 heterocycles. The summed E-state index contributed by atoms with van der Waals surface area (Å²) >= 11 is 0. The monoisotopic (exact) mass is 299 g/mol. The van der Waals surface area contributed by atoms with Crippen molar-refractivity contribution in [3.05, 3.63) is 47.7 Å². The number of aromatic nitrogens is 1. The van der Waals surface area contributed by atoms with Crippen molar-refractivity contribution in [2.24, 2.45) is 0 Å². The number of nitrogens with zero attached hydrogens (tertiary/aromatic N) is 1. The highest BCUT2D eigenvalue weighted by atomic mass is 16.5. The molecule has 116 valence electrons. The van der Waals surface area contributed by atoms with Crippen LogP contribution in [-0.4, -0.2) is 24.5 Å². The zero-order valence-electron chi connectivity index (χ0n) is 13.1. The van der Waals surface area contributed by atoms with Gasteiger partial charge >= 0.3 is 0 Å². The average molecular weight is 299 g/mol. The molecule has 2 aromatic rings. The minimum atomic E-state index is -0.0423. The number of ether oxygens (including phenoxy) is 1. The van der Waals surface area contributed by atoms with Gasteiger partial charge in [-0.05, 0) is 44.2 Å². The van der Waals surface area contributed by atoms with Gasteiger partial charge in [0.1, 0.15) is 5.75 Å². The van der Waals surface area contributed by atoms with Crippen LogP contribution in [0.4, 0.5) is 5.69 Å². The molecule has 2 rings (SSSR count). The lowest BCUT2D eigenvalue weighted by molar-refractivity contribution is -0.116. The van der Waals surface area contributed by atoms with E-state index >= 15 is 0 Å². The Morgan fingerprint density at radius 1 is 1.23 bits per heavy atom. The molecule has 0 bridgehead atoms.